The number of hydrogen-bond acceptors (Lipinski definition) is 4. The second kappa shape index (κ2) is 7.38. The summed E-state index contributed by atoms with van der Waals surface area (Å²) in [6.45, 7) is 1.43. The van der Waals surface area contributed by atoms with Crippen LogP contribution in [0.5, 0.6) is 0 Å². The zero-order valence-corrected chi connectivity index (χ0v) is 15.7. The van der Waals surface area contributed by atoms with Crippen LogP contribution in [0.4, 0.5) is 0 Å². The van der Waals surface area contributed by atoms with Crippen LogP contribution in [-0.2, 0) is 13.1 Å². The first kappa shape index (κ1) is 16.4. The SMILES string of the molecule is CN(Cc1ccc(Br)cc1)Cc1nc(-c2cccc(Br)c2)no1. The van der Waals surface area contributed by atoms with Crippen molar-refractivity contribution in [3.8, 4) is 11.4 Å². The molecular formula is C17H15Br2N3O. The lowest BCUT2D eigenvalue weighted by molar-refractivity contribution is 0.261. The molecule has 1 heterocycles. The van der Waals surface area contributed by atoms with E-state index in [-0.39, 0.29) is 0 Å². The molecule has 0 aliphatic heterocycles. The van der Waals surface area contributed by atoms with Gasteiger partial charge in [-0.15, -0.1) is 0 Å². The highest BCUT2D eigenvalue weighted by Crippen LogP contribution is 2.20. The summed E-state index contributed by atoms with van der Waals surface area (Å²) in [5.41, 5.74) is 2.17. The van der Waals surface area contributed by atoms with Crippen molar-refractivity contribution < 1.29 is 4.52 Å². The molecule has 0 fully saturated rings. The first-order chi connectivity index (χ1) is 11.1. The maximum Gasteiger partial charge on any atom is 0.241 e. The van der Waals surface area contributed by atoms with Gasteiger partial charge in [-0.1, -0.05) is 61.3 Å². The van der Waals surface area contributed by atoms with E-state index in [4.69, 9.17) is 4.52 Å². The smallest absolute Gasteiger partial charge is 0.241 e. The fourth-order valence-corrected chi connectivity index (χ4v) is 2.92. The highest BCUT2D eigenvalue weighted by molar-refractivity contribution is 9.10. The standard InChI is InChI=1S/C17H15Br2N3O/c1-22(10-12-5-7-14(18)8-6-12)11-16-20-17(21-23-16)13-3-2-4-15(19)9-13/h2-9H,10-11H2,1H3. The van der Waals surface area contributed by atoms with E-state index in [1.807, 2.05) is 43.4 Å². The lowest BCUT2D eigenvalue weighted by Gasteiger charge is -2.14. The van der Waals surface area contributed by atoms with Crippen molar-refractivity contribution in [3.63, 3.8) is 0 Å². The summed E-state index contributed by atoms with van der Waals surface area (Å²) in [6.07, 6.45) is 0. The average Bonchev–Trinajstić information content (AvgIpc) is 2.98. The van der Waals surface area contributed by atoms with Gasteiger partial charge in [0.2, 0.25) is 11.7 Å². The molecule has 0 spiro atoms. The van der Waals surface area contributed by atoms with E-state index >= 15 is 0 Å². The first-order valence-corrected chi connectivity index (χ1v) is 8.70. The Morgan fingerprint density at radius 1 is 1.00 bits per heavy atom. The van der Waals surface area contributed by atoms with Crippen LogP contribution in [0.15, 0.2) is 62.0 Å². The van der Waals surface area contributed by atoms with Gasteiger partial charge in [-0.3, -0.25) is 4.90 Å². The van der Waals surface area contributed by atoms with Gasteiger partial charge in [0.1, 0.15) is 0 Å². The summed E-state index contributed by atoms with van der Waals surface area (Å²) in [5.74, 6) is 1.22. The Kier molecular flexibility index (Phi) is 5.25. The van der Waals surface area contributed by atoms with Gasteiger partial charge in [0, 0.05) is 21.1 Å². The minimum Gasteiger partial charge on any atom is -0.338 e. The van der Waals surface area contributed by atoms with Gasteiger partial charge in [-0.2, -0.15) is 4.98 Å². The number of halogens is 2. The third-order valence-electron chi connectivity index (χ3n) is 3.32. The van der Waals surface area contributed by atoms with Crippen molar-refractivity contribution in [2.24, 2.45) is 0 Å². The first-order valence-electron chi connectivity index (χ1n) is 7.11. The van der Waals surface area contributed by atoms with Gasteiger partial charge in [-0.25, -0.2) is 0 Å². The molecule has 3 rings (SSSR count). The number of aromatic nitrogens is 2. The monoisotopic (exact) mass is 435 g/mol. The molecule has 1 aromatic heterocycles. The Morgan fingerprint density at radius 3 is 2.52 bits per heavy atom. The van der Waals surface area contributed by atoms with Crippen molar-refractivity contribution in [3.05, 3.63) is 68.9 Å². The molecule has 0 bridgehead atoms. The van der Waals surface area contributed by atoms with E-state index < -0.39 is 0 Å². The molecular weight excluding hydrogens is 422 g/mol. The topological polar surface area (TPSA) is 42.2 Å². The Bertz CT molecular complexity index is 787. The Labute approximate surface area is 151 Å². The lowest BCUT2D eigenvalue weighted by Crippen LogP contribution is -2.17. The predicted molar refractivity (Wildman–Crippen MR) is 96.7 cm³/mol. The maximum absolute atomic E-state index is 5.36. The van der Waals surface area contributed by atoms with Crippen LogP contribution in [0, 0.1) is 0 Å². The molecule has 4 nitrogen and oxygen atoms in total. The van der Waals surface area contributed by atoms with Crippen molar-refractivity contribution >= 4 is 31.9 Å². The molecule has 0 unspecified atom stereocenters. The van der Waals surface area contributed by atoms with E-state index in [0.717, 1.165) is 21.1 Å². The fourth-order valence-electron chi connectivity index (χ4n) is 2.25. The molecule has 6 heteroatoms. The largest absolute Gasteiger partial charge is 0.338 e. The van der Waals surface area contributed by atoms with Crippen molar-refractivity contribution in [2.75, 3.05) is 7.05 Å². The van der Waals surface area contributed by atoms with Gasteiger partial charge < -0.3 is 4.52 Å². The Hall–Kier alpha value is -1.50. The van der Waals surface area contributed by atoms with Crippen LogP contribution in [0.3, 0.4) is 0 Å². The van der Waals surface area contributed by atoms with Crippen molar-refractivity contribution in [1.82, 2.24) is 15.0 Å². The molecule has 3 aromatic rings. The normalized spacial score (nSPS) is 11.1. The Balaban J connectivity index is 1.65. The number of rotatable bonds is 5. The van der Waals surface area contributed by atoms with Gasteiger partial charge >= 0.3 is 0 Å². The number of nitrogens with zero attached hydrogens (tertiary/aromatic N) is 3. The van der Waals surface area contributed by atoms with Crippen LogP contribution in [0.2, 0.25) is 0 Å². The minimum atomic E-state index is 0.608. The lowest BCUT2D eigenvalue weighted by atomic mass is 10.2. The summed E-state index contributed by atoms with van der Waals surface area (Å²) in [4.78, 5) is 6.61. The minimum absolute atomic E-state index is 0.608. The summed E-state index contributed by atoms with van der Waals surface area (Å²) >= 11 is 6.90. The summed E-state index contributed by atoms with van der Waals surface area (Å²) in [7, 11) is 2.03. The molecule has 0 radical (unpaired) electrons. The van der Waals surface area contributed by atoms with E-state index in [2.05, 4.69) is 59.0 Å². The highest BCUT2D eigenvalue weighted by Gasteiger charge is 2.11. The molecule has 0 amide bonds. The molecule has 0 saturated carbocycles. The van der Waals surface area contributed by atoms with E-state index in [9.17, 15) is 0 Å². The van der Waals surface area contributed by atoms with Crippen LogP contribution in [0.1, 0.15) is 11.5 Å². The molecule has 118 valence electrons. The van der Waals surface area contributed by atoms with Crippen molar-refractivity contribution in [1.29, 1.82) is 0 Å². The Morgan fingerprint density at radius 2 is 1.78 bits per heavy atom. The molecule has 0 saturated heterocycles. The molecule has 0 aliphatic rings. The van der Waals surface area contributed by atoms with Gasteiger partial charge in [-0.05, 0) is 36.9 Å². The molecule has 0 aliphatic carbocycles. The molecule has 23 heavy (non-hydrogen) atoms. The zero-order valence-electron chi connectivity index (χ0n) is 12.5. The third-order valence-corrected chi connectivity index (χ3v) is 4.34. The zero-order chi connectivity index (χ0) is 16.2. The van der Waals surface area contributed by atoms with E-state index in [0.29, 0.717) is 18.3 Å². The highest BCUT2D eigenvalue weighted by atomic mass is 79.9. The van der Waals surface area contributed by atoms with Crippen molar-refractivity contribution in [2.45, 2.75) is 13.1 Å². The fraction of sp³-hybridized carbons (Fsp3) is 0.176. The van der Waals surface area contributed by atoms with E-state index in [1.165, 1.54) is 5.56 Å². The van der Waals surface area contributed by atoms with E-state index in [1.54, 1.807) is 0 Å². The van der Waals surface area contributed by atoms with Gasteiger partial charge in [0.15, 0.2) is 0 Å². The summed E-state index contributed by atoms with van der Waals surface area (Å²) in [6, 6.07) is 16.1. The van der Waals surface area contributed by atoms with Gasteiger partial charge in [0.05, 0.1) is 6.54 Å². The number of benzene rings is 2. The molecule has 0 atom stereocenters. The second-order valence-electron chi connectivity index (χ2n) is 5.32. The van der Waals surface area contributed by atoms with Gasteiger partial charge in [0.25, 0.3) is 0 Å². The van der Waals surface area contributed by atoms with Crippen LogP contribution >= 0.6 is 31.9 Å². The molecule has 2 aromatic carbocycles. The maximum atomic E-state index is 5.36. The quantitative estimate of drug-likeness (QED) is 0.570. The van der Waals surface area contributed by atoms with Crippen LogP contribution in [-0.4, -0.2) is 22.1 Å². The number of hydrogen-bond donors (Lipinski definition) is 0. The average molecular weight is 437 g/mol. The van der Waals surface area contributed by atoms with Crippen LogP contribution < -0.4 is 0 Å². The molecule has 0 N–H and O–H groups in total. The predicted octanol–water partition coefficient (Wildman–Crippen LogP) is 4.89. The summed E-state index contributed by atoms with van der Waals surface area (Å²) < 4.78 is 7.44. The second-order valence-corrected chi connectivity index (χ2v) is 7.15. The summed E-state index contributed by atoms with van der Waals surface area (Å²) in [5, 5.41) is 4.06. The van der Waals surface area contributed by atoms with Crippen LogP contribution in [0.25, 0.3) is 11.4 Å². The third kappa shape index (κ3) is 4.50.